The summed E-state index contributed by atoms with van der Waals surface area (Å²) in [6.45, 7) is 1.96. The number of amides is 2. The highest BCUT2D eigenvalue weighted by molar-refractivity contribution is 6.08. The van der Waals surface area contributed by atoms with E-state index in [-0.39, 0.29) is 11.8 Å². The third-order valence-corrected chi connectivity index (χ3v) is 5.78. The Balaban J connectivity index is 1.74. The summed E-state index contributed by atoms with van der Waals surface area (Å²) in [5, 5.41) is 7.72. The Labute approximate surface area is 210 Å². The number of para-hydroxylation sites is 1. The van der Waals surface area contributed by atoms with Gasteiger partial charge in [0.2, 0.25) is 5.91 Å². The average molecular weight is 485 g/mol. The van der Waals surface area contributed by atoms with Crippen LogP contribution in [0.25, 0.3) is 16.9 Å². The monoisotopic (exact) mass is 484 g/mol. The molecular formula is C28H28N4O4. The maximum Gasteiger partial charge on any atom is 0.259 e. The lowest BCUT2D eigenvalue weighted by Crippen LogP contribution is -2.23. The van der Waals surface area contributed by atoms with Crippen LogP contribution in [0.15, 0.2) is 79.0 Å². The van der Waals surface area contributed by atoms with E-state index in [1.54, 1.807) is 55.2 Å². The van der Waals surface area contributed by atoms with E-state index < -0.39 is 0 Å². The van der Waals surface area contributed by atoms with Gasteiger partial charge in [-0.3, -0.25) is 9.59 Å². The molecule has 0 fully saturated rings. The maximum atomic E-state index is 13.5. The van der Waals surface area contributed by atoms with Crippen LogP contribution in [-0.4, -0.2) is 47.8 Å². The lowest BCUT2D eigenvalue weighted by molar-refractivity contribution is -0.128. The minimum Gasteiger partial charge on any atom is -0.497 e. The first-order valence-corrected chi connectivity index (χ1v) is 11.4. The van der Waals surface area contributed by atoms with Crippen molar-refractivity contribution < 1.29 is 19.1 Å². The van der Waals surface area contributed by atoms with Crippen molar-refractivity contribution in [1.82, 2.24) is 14.7 Å². The Kier molecular flexibility index (Phi) is 7.34. The molecule has 1 aromatic heterocycles. The molecule has 8 nitrogen and oxygen atoms in total. The van der Waals surface area contributed by atoms with E-state index in [0.29, 0.717) is 40.6 Å². The molecule has 2 amide bonds. The first-order chi connectivity index (χ1) is 17.4. The van der Waals surface area contributed by atoms with E-state index in [0.717, 1.165) is 11.3 Å². The van der Waals surface area contributed by atoms with Crippen LogP contribution in [0, 0.1) is 0 Å². The number of carbonyl (C=O) groups excluding carboxylic acids is 2. The Morgan fingerprint density at radius 2 is 1.75 bits per heavy atom. The maximum absolute atomic E-state index is 13.5. The topological polar surface area (TPSA) is 85.7 Å². The van der Waals surface area contributed by atoms with Gasteiger partial charge in [-0.05, 0) is 48.0 Å². The lowest BCUT2D eigenvalue weighted by Gasteiger charge is -2.15. The molecule has 4 rings (SSSR count). The fourth-order valence-corrected chi connectivity index (χ4v) is 3.78. The molecule has 0 saturated heterocycles. The Bertz CT molecular complexity index is 1380. The number of hydrogen-bond acceptors (Lipinski definition) is 5. The molecule has 8 heteroatoms. The summed E-state index contributed by atoms with van der Waals surface area (Å²) in [5.41, 5.74) is 3.80. The predicted molar refractivity (Wildman–Crippen MR) is 139 cm³/mol. The van der Waals surface area contributed by atoms with Gasteiger partial charge in [-0.25, -0.2) is 4.68 Å². The number of methoxy groups -OCH3 is 2. The SMILES string of the molecule is COc1ccc(OC)c(-c2nn(-c3ccccc3)cc2C(=O)Nc2cccc(CN(C)C(C)=O)c2)c1. The standard InChI is InChI=1S/C28H28N4O4/c1-19(33)31(2)17-20-9-8-10-21(15-20)29-28(34)25-18-32(22-11-6-5-7-12-22)30-27(25)24-16-23(35-3)13-14-26(24)36-4/h5-16,18H,17H2,1-4H3,(H,29,34). The van der Waals surface area contributed by atoms with Crippen LogP contribution in [0.1, 0.15) is 22.8 Å². The highest BCUT2D eigenvalue weighted by Gasteiger charge is 2.22. The van der Waals surface area contributed by atoms with Gasteiger partial charge in [-0.1, -0.05) is 30.3 Å². The fraction of sp³-hybridized carbons (Fsp3) is 0.179. The van der Waals surface area contributed by atoms with E-state index >= 15 is 0 Å². The molecule has 0 aliphatic heterocycles. The number of nitrogens with one attached hydrogen (secondary N) is 1. The molecule has 0 aliphatic rings. The van der Waals surface area contributed by atoms with Crippen LogP contribution in [0.4, 0.5) is 5.69 Å². The number of hydrogen-bond donors (Lipinski definition) is 1. The van der Waals surface area contributed by atoms with Crippen LogP contribution in [0.2, 0.25) is 0 Å². The molecule has 0 spiro atoms. The highest BCUT2D eigenvalue weighted by atomic mass is 16.5. The Hall–Kier alpha value is -4.59. The molecule has 0 radical (unpaired) electrons. The van der Waals surface area contributed by atoms with E-state index in [1.165, 1.54) is 6.92 Å². The minimum atomic E-state index is -0.325. The van der Waals surface area contributed by atoms with Crippen molar-refractivity contribution in [3.63, 3.8) is 0 Å². The zero-order chi connectivity index (χ0) is 25.7. The van der Waals surface area contributed by atoms with Gasteiger partial charge in [-0.2, -0.15) is 5.10 Å². The van der Waals surface area contributed by atoms with Gasteiger partial charge in [0.05, 0.1) is 25.5 Å². The fourth-order valence-electron chi connectivity index (χ4n) is 3.78. The summed E-state index contributed by atoms with van der Waals surface area (Å²) in [7, 11) is 4.89. The molecule has 36 heavy (non-hydrogen) atoms. The number of anilines is 1. The number of rotatable bonds is 8. The molecule has 0 aliphatic carbocycles. The number of aromatic nitrogens is 2. The van der Waals surface area contributed by atoms with Gasteiger partial charge < -0.3 is 19.7 Å². The molecule has 1 heterocycles. The summed E-state index contributed by atoms with van der Waals surface area (Å²) >= 11 is 0. The van der Waals surface area contributed by atoms with Crippen molar-refractivity contribution in [3.05, 3.63) is 90.1 Å². The smallest absolute Gasteiger partial charge is 0.259 e. The summed E-state index contributed by atoms with van der Waals surface area (Å²) in [5.74, 6) is 0.829. The molecule has 0 bridgehead atoms. The second-order valence-corrected chi connectivity index (χ2v) is 8.27. The van der Waals surface area contributed by atoms with Crippen LogP contribution >= 0.6 is 0 Å². The van der Waals surface area contributed by atoms with E-state index in [1.807, 2.05) is 54.6 Å². The van der Waals surface area contributed by atoms with Crippen molar-refractivity contribution in [1.29, 1.82) is 0 Å². The van der Waals surface area contributed by atoms with Crippen molar-refractivity contribution in [2.45, 2.75) is 13.5 Å². The Morgan fingerprint density at radius 1 is 0.972 bits per heavy atom. The van der Waals surface area contributed by atoms with Crippen molar-refractivity contribution >= 4 is 17.5 Å². The van der Waals surface area contributed by atoms with Crippen LogP contribution < -0.4 is 14.8 Å². The van der Waals surface area contributed by atoms with Gasteiger partial charge in [0.15, 0.2) is 0 Å². The van der Waals surface area contributed by atoms with Gasteiger partial charge in [0, 0.05) is 38.0 Å². The first kappa shape index (κ1) is 24.5. The van der Waals surface area contributed by atoms with Gasteiger partial charge in [0.1, 0.15) is 17.2 Å². The van der Waals surface area contributed by atoms with Gasteiger partial charge >= 0.3 is 0 Å². The molecular weight excluding hydrogens is 456 g/mol. The Morgan fingerprint density at radius 3 is 2.44 bits per heavy atom. The summed E-state index contributed by atoms with van der Waals surface area (Å²) in [6.07, 6.45) is 1.70. The second-order valence-electron chi connectivity index (χ2n) is 8.27. The lowest BCUT2D eigenvalue weighted by atomic mass is 10.1. The third-order valence-electron chi connectivity index (χ3n) is 5.78. The normalized spacial score (nSPS) is 10.6. The van der Waals surface area contributed by atoms with Crippen LogP contribution in [0.5, 0.6) is 11.5 Å². The van der Waals surface area contributed by atoms with Gasteiger partial charge in [0.25, 0.3) is 5.91 Å². The zero-order valence-electron chi connectivity index (χ0n) is 20.7. The third kappa shape index (κ3) is 5.38. The molecule has 1 N–H and O–H groups in total. The van der Waals surface area contributed by atoms with E-state index in [9.17, 15) is 9.59 Å². The predicted octanol–water partition coefficient (Wildman–Crippen LogP) is 4.79. The first-order valence-electron chi connectivity index (χ1n) is 11.4. The van der Waals surface area contributed by atoms with Crippen molar-refractivity contribution in [3.8, 4) is 28.4 Å². The molecule has 0 saturated carbocycles. The molecule has 0 unspecified atom stereocenters. The number of benzene rings is 3. The molecule has 4 aromatic rings. The van der Waals surface area contributed by atoms with Gasteiger partial charge in [-0.15, -0.1) is 0 Å². The average Bonchev–Trinajstić information content (AvgIpc) is 3.34. The largest absolute Gasteiger partial charge is 0.497 e. The quantitative estimate of drug-likeness (QED) is 0.389. The number of ether oxygens (including phenoxy) is 2. The van der Waals surface area contributed by atoms with E-state index in [4.69, 9.17) is 14.6 Å². The van der Waals surface area contributed by atoms with Crippen LogP contribution in [0.3, 0.4) is 0 Å². The molecule has 3 aromatic carbocycles. The minimum absolute atomic E-state index is 0.0327. The molecule has 0 atom stereocenters. The number of carbonyl (C=O) groups is 2. The highest BCUT2D eigenvalue weighted by Crippen LogP contribution is 2.35. The summed E-state index contributed by atoms with van der Waals surface area (Å²) in [4.78, 5) is 26.8. The zero-order valence-corrected chi connectivity index (χ0v) is 20.7. The second kappa shape index (κ2) is 10.8. The van der Waals surface area contributed by atoms with Crippen LogP contribution in [-0.2, 0) is 11.3 Å². The van der Waals surface area contributed by atoms with E-state index in [2.05, 4.69) is 5.32 Å². The molecule has 184 valence electrons. The summed E-state index contributed by atoms with van der Waals surface area (Å²) in [6, 6.07) is 22.4. The van der Waals surface area contributed by atoms with Crippen molar-refractivity contribution in [2.24, 2.45) is 0 Å². The van der Waals surface area contributed by atoms with Crippen molar-refractivity contribution in [2.75, 3.05) is 26.6 Å². The number of nitrogens with zero attached hydrogens (tertiary/aromatic N) is 3. The summed E-state index contributed by atoms with van der Waals surface area (Å²) < 4.78 is 12.6.